The predicted molar refractivity (Wildman–Crippen MR) is 110 cm³/mol. The van der Waals surface area contributed by atoms with Gasteiger partial charge in [-0.1, -0.05) is 12.1 Å². The van der Waals surface area contributed by atoms with Crippen LogP contribution in [-0.2, 0) is 9.59 Å². The number of amides is 3. The summed E-state index contributed by atoms with van der Waals surface area (Å²) < 4.78 is 5.11. The van der Waals surface area contributed by atoms with Crippen LogP contribution in [0.3, 0.4) is 0 Å². The molecule has 152 valence electrons. The van der Waals surface area contributed by atoms with E-state index >= 15 is 0 Å². The molecule has 7 nitrogen and oxygen atoms in total. The molecule has 1 saturated carbocycles. The van der Waals surface area contributed by atoms with Crippen LogP contribution in [0.25, 0.3) is 0 Å². The first-order valence-corrected chi connectivity index (χ1v) is 9.54. The van der Waals surface area contributed by atoms with E-state index in [0.29, 0.717) is 17.0 Å². The van der Waals surface area contributed by atoms with Crippen molar-refractivity contribution in [3.05, 3.63) is 59.7 Å². The average molecular weight is 395 g/mol. The molecule has 29 heavy (non-hydrogen) atoms. The van der Waals surface area contributed by atoms with E-state index < -0.39 is 0 Å². The smallest absolute Gasteiger partial charge is 0.254 e. The Morgan fingerprint density at radius 1 is 1.07 bits per heavy atom. The van der Waals surface area contributed by atoms with Crippen molar-refractivity contribution in [3.8, 4) is 5.75 Å². The number of rotatable bonds is 8. The highest BCUT2D eigenvalue weighted by Crippen LogP contribution is 2.28. The van der Waals surface area contributed by atoms with Gasteiger partial charge in [-0.3, -0.25) is 14.4 Å². The first kappa shape index (κ1) is 20.4. The largest absolute Gasteiger partial charge is 0.497 e. The quantitative estimate of drug-likeness (QED) is 0.718. The van der Waals surface area contributed by atoms with Crippen LogP contribution >= 0.6 is 0 Å². The third kappa shape index (κ3) is 5.81. The molecule has 0 atom stereocenters. The van der Waals surface area contributed by atoms with Gasteiger partial charge in [0, 0.05) is 17.3 Å². The fraction of sp³-hybridized carbons (Fsp3) is 0.318. The monoisotopic (exact) mass is 395 g/mol. The summed E-state index contributed by atoms with van der Waals surface area (Å²) in [7, 11) is 1.56. The third-order valence-electron chi connectivity index (χ3n) is 4.65. The molecule has 1 aliphatic carbocycles. The number of nitrogens with zero attached hydrogens (tertiary/aromatic N) is 1. The maximum atomic E-state index is 12.8. The summed E-state index contributed by atoms with van der Waals surface area (Å²) in [5.41, 5.74) is 2.21. The van der Waals surface area contributed by atoms with Gasteiger partial charge in [0.2, 0.25) is 11.8 Å². The topological polar surface area (TPSA) is 87.7 Å². The van der Waals surface area contributed by atoms with Crippen LogP contribution in [0.4, 0.5) is 5.69 Å². The summed E-state index contributed by atoms with van der Waals surface area (Å²) in [5, 5.41) is 5.33. The Morgan fingerprint density at radius 2 is 1.79 bits per heavy atom. The lowest BCUT2D eigenvalue weighted by Crippen LogP contribution is -2.43. The molecule has 3 rings (SSSR count). The highest BCUT2D eigenvalue weighted by atomic mass is 16.5. The number of carbonyl (C=O) groups is 3. The second-order valence-electron chi connectivity index (χ2n) is 7.09. The standard InChI is InChI=1S/C22H25N3O4/c1-15-4-3-5-17(12-15)24-20(26)13-23-21(27)14-25(18-8-9-18)22(28)16-6-10-19(29-2)11-7-16/h3-7,10-12,18H,8-9,13-14H2,1-2H3,(H,23,27)(H,24,26). The fourth-order valence-electron chi connectivity index (χ4n) is 2.97. The van der Waals surface area contributed by atoms with E-state index in [2.05, 4.69) is 10.6 Å². The molecule has 0 spiro atoms. The second kappa shape index (κ2) is 9.23. The maximum Gasteiger partial charge on any atom is 0.254 e. The fourth-order valence-corrected chi connectivity index (χ4v) is 2.97. The molecule has 1 fully saturated rings. The number of ether oxygens (including phenoxy) is 1. The van der Waals surface area contributed by atoms with Gasteiger partial charge < -0.3 is 20.3 Å². The number of methoxy groups -OCH3 is 1. The number of hydrogen-bond acceptors (Lipinski definition) is 4. The SMILES string of the molecule is COc1ccc(C(=O)N(CC(=O)NCC(=O)Nc2cccc(C)c2)C2CC2)cc1. The summed E-state index contributed by atoms with van der Waals surface area (Å²) in [6, 6.07) is 14.3. The van der Waals surface area contributed by atoms with Crippen LogP contribution in [0.1, 0.15) is 28.8 Å². The van der Waals surface area contributed by atoms with Gasteiger partial charge in [-0.05, 0) is 61.7 Å². The van der Waals surface area contributed by atoms with E-state index in [4.69, 9.17) is 4.74 Å². The molecule has 0 saturated heterocycles. The summed E-state index contributed by atoms with van der Waals surface area (Å²) in [6.45, 7) is 1.71. The molecule has 2 N–H and O–H groups in total. The lowest BCUT2D eigenvalue weighted by molar-refractivity contribution is -0.124. The molecular formula is C22H25N3O4. The highest BCUT2D eigenvalue weighted by molar-refractivity contribution is 5.98. The Balaban J connectivity index is 1.53. The summed E-state index contributed by atoms with van der Waals surface area (Å²) in [4.78, 5) is 38.7. The van der Waals surface area contributed by atoms with Crippen molar-refractivity contribution in [2.45, 2.75) is 25.8 Å². The molecule has 2 aromatic carbocycles. The van der Waals surface area contributed by atoms with Crippen LogP contribution in [-0.4, -0.2) is 48.9 Å². The number of nitrogens with one attached hydrogen (secondary N) is 2. The van der Waals surface area contributed by atoms with Crippen molar-refractivity contribution in [2.24, 2.45) is 0 Å². The molecule has 7 heteroatoms. The molecule has 0 bridgehead atoms. The zero-order chi connectivity index (χ0) is 20.8. The van der Waals surface area contributed by atoms with Crippen LogP contribution in [0.2, 0.25) is 0 Å². The molecule has 0 heterocycles. The first-order valence-electron chi connectivity index (χ1n) is 9.54. The van der Waals surface area contributed by atoms with Crippen molar-refractivity contribution < 1.29 is 19.1 Å². The Labute approximate surface area is 170 Å². The minimum Gasteiger partial charge on any atom is -0.497 e. The average Bonchev–Trinajstić information content (AvgIpc) is 3.55. The van der Waals surface area contributed by atoms with Crippen molar-refractivity contribution in [2.75, 3.05) is 25.5 Å². The zero-order valence-corrected chi connectivity index (χ0v) is 16.6. The Bertz CT molecular complexity index is 891. The van der Waals surface area contributed by atoms with E-state index in [1.807, 2.05) is 25.1 Å². The van der Waals surface area contributed by atoms with Crippen LogP contribution in [0, 0.1) is 6.92 Å². The number of carbonyl (C=O) groups excluding carboxylic acids is 3. The number of anilines is 1. The van der Waals surface area contributed by atoms with Crippen molar-refractivity contribution in [1.29, 1.82) is 0 Å². The van der Waals surface area contributed by atoms with Gasteiger partial charge in [0.1, 0.15) is 12.3 Å². The van der Waals surface area contributed by atoms with Crippen molar-refractivity contribution >= 4 is 23.4 Å². The van der Waals surface area contributed by atoms with E-state index in [9.17, 15) is 14.4 Å². The number of benzene rings is 2. The van der Waals surface area contributed by atoms with E-state index in [1.165, 1.54) is 0 Å². The zero-order valence-electron chi connectivity index (χ0n) is 16.6. The molecule has 0 radical (unpaired) electrons. The van der Waals surface area contributed by atoms with Crippen LogP contribution in [0.5, 0.6) is 5.75 Å². The second-order valence-corrected chi connectivity index (χ2v) is 7.09. The molecule has 0 aliphatic heterocycles. The molecule has 2 aromatic rings. The van der Waals surface area contributed by atoms with Gasteiger partial charge in [0.05, 0.1) is 13.7 Å². The van der Waals surface area contributed by atoms with Gasteiger partial charge in [-0.15, -0.1) is 0 Å². The summed E-state index contributed by atoms with van der Waals surface area (Å²) in [5.74, 6) is -0.215. The normalized spacial score (nSPS) is 12.8. The third-order valence-corrected chi connectivity index (χ3v) is 4.65. The lowest BCUT2D eigenvalue weighted by Gasteiger charge is -2.22. The minimum absolute atomic E-state index is 0.0662. The Hall–Kier alpha value is -3.35. The summed E-state index contributed by atoms with van der Waals surface area (Å²) in [6.07, 6.45) is 1.76. The molecule has 0 aromatic heterocycles. The van der Waals surface area contributed by atoms with Gasteiger partial charge in [0.25, 0.3) is 5.91 Å². The Kier molecular flexibility index (Phi) is 6.49. The van der Waals surface area contributed by atoms with Gasteiger partial charge >= 0.3 is 0 Å². The molecule has 3 amide bonds. The predicted octanol–water partition coefficient (Wildman–Crippen LogP) is 2.36. The molecule has 0 unspecified atom stereocenters. The van der Waals surface area contributed by atoms with E-state index in [-0.39, 0.29) is 36.9 Å². The number of hydrogen-bond donors (Lipinski definition) is 2. The number of aryl methyl sites for hydroxylation is 1. The highest BCUT2D eigenvalue weighted by Gasteiger charge is 2.34. The van der Waals surface area contributed by atoms with Crippen molar-refractivity contribution in [3.63, 3.8) is 0 Å². The van der Waals surface area contributed by atoms with Gasteiger partial charge in [0.15, 0.2) is 0 Å². The van der Waals surface area contributed by atoms with Gasteiger partial charge in [-0.2, -0.15) is 0 Å². The molecule has 1 aliphatic rings. The van der Waals surface area contributed by atoms with Crippen molar-refractivity contribution in [1.82, 2.24) is 10.2 Å². The first-order chi connectivity index (χ1) is 14.0. The van der Waals surface area contributed by atoms with Gasteiger partial charge in [-0.25, -0.2) is 0 Å². The van der Waals surface area contributed by atoms with Crippen LogP contribution < -0.4 is 15.4 Å². The van der Waals surface area contributed by atoms with E-state index in [0.717, 1.165) is 18.4 Å². The van der Waals surface area contributed by atoms with Crippen LogP contribution in [0.15, 0.2) is 48.5 Å². The minimum atomic E-state index is -0.363. The Morgan fingerprint density at radius 3 is 2.41 bits per heavy atom. The summed E-state index contributed by atoms with van der Waals surface area (Å²) >= 11 is 0. The lowest BCUT2D eigenvalue weighted by atomic mass is 10.2. The molecular weight excluding hydrogens is 370 g/mol. The maximum absolute atomic E-state index is 12.8. The van der Waals surface area contributed by atoms with E-state index in [1.54, 1.807) is 42.3 Å².